The first-order chi connectivity index (χ1) is 7.78. The van der Waals surface area contributed by atoms with Gasteiger partial charge in [-0.3, -0.25) is 9.11 Å². The Balaban J connectivity index is 0.00000144. The van der Waals surface area contributed by atoms with Gasteiger partial charge in [-0.15, -0.1) is 24.8 Å². The van der Waals surface area contributed by atoms with Crippen LogP contribution < -0.4 is 5.73 Å². The number of hydrogen-bond donors (Lipinski definition) is 1. The van der Waals surface area contributed by atoms with E-state index in [1.165, 1.54) is 11.1 Å². The molecule has 1 aromatic rings. The zero-order valence-corrected chi connectivity index (χ0v) is 12.7. The molecule has 18 heavy (non-hydrogen) atoms. The smallest absolute Gasteiger partial charge is 0.0363 e. The molecule has 0 saturated carbocycles. The molecule has 1 aromatic carbocycles. The summed E-state index contributed by atoms with van der Waals surface area (Å²) in [6, 6.07) is 8.43. The molecule has 1 aliphatic heterocycles. The van der Waals surface area contributed by atoms with E-state index in [1.54, 1.807) is 0 Å². The van der Waals surface area contributed by atoms with Gasteiger partial charge in [0.2, 0.25) is 0 Å². The molecule has 0 aromatic heterocycles. The lowest BCUT2D eigenvalue weighted by molar-refractivity contribution is 0.291. The molecule has 0 amide bonds. The van der Waals surface area contributed by atoms with E-state index in [1.807, 2.05) is 0 Å². The minimum atomic E-state index is -0.582. The number of nitrogens with zero attached hydrogens (tertiary/aromatic N) is 1. The van der Waals surface area contributed by atoms with Crippen LogP contribution in [0.5, 0.6) is 0 Å². The lowest BCUT2D eigenvalue weighted by Gasteiger charge is -2.26. The summed E-state index contributed by atoms with van der Waals surface area (Å²) < 4.78 is 11.2. The van der Waals surface area contributed by atoms with Gasteiger partial charge in [0.25, 0.3) is 0 Å². The Hall–Kier alpha value is -0.130. The summed E-state index contributed by atoms with van der Waals surface area (Å²) in [6.45, 7) is 3.46. The first-order valence-electron chi connectivity index (χ1n) is 5.63. The van der Waals surface area contributed by atoms with Crippen molar-refractivity contribution in [2.45, 2.75) is 13.1 Å². The molecule has 1 aliphatic rings. The molecule has 1 fully saturated rings. The van der Waals surface area contributed by atoms with Crippen molar-refractivity contribution in [2.24, 2.45) is 5.73 Å². The van der Waals surface area contributed by atoms with E-state index in [2.05, 4.69) is 29.2 Å². The summed E-state index contributed by atoms with van der Waals surface area (Å²) in [4.78, 5) is 2.36. The third kappa shape index (κ3) is 5.24. The summed E-state index contributed by atoms with van der Waals surface area (Å²) in [5, 5.41) is 0. The van der Waals surface area contributed by atoms with Gasteiger partial charge in [-0.05, 0) is 11.1 Å². The normalized spacial score (nSPS) is 16.7. The van der Waals surface area contributed by atoms with Gasteiger partial charge in [0.15, 0.2) is 0 Å². The predicted molar refractivity (Wildman–Crippen MR) is 82.0 cm³/mol. The Kier molecular flexibility index (Phi) is 8.82. The second-order valence-electron chi connectivity index (χ2n) is 4.14. The molecule has 1 saturated heterocycles. The fraction of sp³-hybridized carbons (Fsp3) is 0.500. The standard InChI is InChI=1S/C12H18N2OS.2ClH/c13-9-11-1-3-12(4-2-11)10-14-5-7-16(15)8-6-14;;/h1-4H,5-10,13H2;2*1H. The highest BCUT2D eigenvalue weighted by molar-refractivity contribution is 7.85. The van der Waals surface area contributed by atoms with Gasteiger partial charge < -0.3 is 5.73 Å². The van der Waals surface area contributed by atoms with Gasteiger partial charge in [-0.2, -0.15) is 0 Å². The number of benzene rings is 1. The Morgan fingerprint density at radius 3 is 2.06 bits per heavy atom. The third-order valence-corrected chi connectivity index (χ3v) is 4.21. The van der Waals surface area contributed by atoms with Crippen LogP contribution in [0.2, 0.25) is 0 Å². The first-order valence-corrected chi connectivity index (χ1v) is 7.12. The van der Waals surface area contributed by atoms with Crippen LogP contribution in [-0.4, -0.2) is 33.7 Å². The number of hydrogen-bond acceptors (Lipinski definition) is 3. The van der Waals surface area contributed by atoms with Crippen LogP contribution in [-0.2, 0) is 23.9 Å². The van der Waals surface area contributed by atoms with E-state index in [0.29, 0.717) is 6.54 Å². The minimum absolute atomic E-state index is 0. The lowest BCUT2D eigenvalue weighted by Crippen LogP contribution is -2.37. The van der Waals surface area contributed by atoms with Crippen molar-refractivity contribution in [3.63, 3.8) is 0 Å². The predicted octanol–water partition coefficient (Wildman–Crippen LogP) is 1.55. The van der Waals surface area contributed by atoms with E-state index >= 15 is 0 Å². The third-order valence-electron chi connectivity index (χ3n) is 2.94. The highest BCUT2D eigenvalue weighted by Crippen LogP contribution is 2.09. The van der Waals surface area contributed by atoms with E-state index in [0.717, 1.165) is 31.1 Å². The lowest BCUT2D eigenvalue weighted by atomic mass is 10.1. The largest absolute Gasteiger partial charge is 0.326 e. The van der Waals surface area contributed by atoms with Gasteiger partial charge in [0, 0.05) is 48.5 Å². The van der Waals surface area contributed by atoms with Crippen LogP contribution in [0.3, 0.4) is 0 Å². The Bertz CT molecular complexity index is 363. The first kappa shape index (κ1) is 17.9. The van der Waals surface area contributed by atoms with Crippen LogP contribution in [0.25, 0.3) is 0 Å². The SMILES string of the molecule is Cl.Cl.NCc1ccc(CN2CCS(=O)CC2)cc1. The van der Waals surface area contributed by atoms with Gasteiger partial charge in [0.1, 0.15) is 0 Å². The fourth-order valence-corrected chi connectivity index (χ4v) is 3.00. The van der Waals surface area contributed by atoms with Crippen LogP contribution in [0.1, 0.15) is 11.1 Å². The summed E-state index contributed by atoms with van der Waals surface area (Å²) in [5.41, 5.74) is 8.04. The van der Waals surface area contributed by atoms with E-state index in [4.69, 9.17) is 5.73 Å². The van der Waals surface area contributed by atoms with Gasteiger partial charge >= 0.3 is 0 Å². The maximum Gasteiger partial charge on any atom is 0.0363 e. The molecule has 1 heterocycles. The highest BCUT2D eigenvalue weighted by atomic mass is 35.5. The molecule has 2 rings (SSSR count). The summed E-state index contributed by atoms with van der Waals surface area (Å²) >= 11 is 0. The number of halogens is 2. The van der Waals surface area contributed by atoms with Gasteiger partial charge in [-0.25, -0.2) is 0 Å². The molecular weight excluding hydrogens is 291 g/mol. The molecule has 0 spiro atoms. The van der Waals surface area contributed by atoms with E-state index < -0.39 is 10.8 Å². The van der Waals surface area contributed by atoms with Crippen molar-refractivity contribution < 1.29 is 4.21 Å². The van der Waals surface area contributed by atoms with Crippen molar-refractivity contribution in [3.05, 3.63) is 35.4 Å². The van der Waals surface area contributed by atoms with Crippen LogP contribution in [0, 0.1) is 0 Å². The topological polar surface area (TPSA) is 46.3 Å². The van der Waals surface area contributed by atoms with Crippen molar-refractivity contribution in [3.8, 4) is 0 Å². The van der Waals surface area contributed by atoms with Crippen molar-refractivity contribution in [2.75, 3.05) is 24.6 Å². The minimum Gasteiger partial charge on any atom is -0.326 e. The van der Waals surface area contributed by atoms with Crippen LogP contribution in [0.15, 0.2) is 24.3 Å². The second-order valence-corrected chi connectivity index (χ2v) is 5.84. The molecule has 6 heteroatoms. The van der Waals surface area contributed by atoms with Crippen LogP contribution >= 0.6 is 24.8 Å². The molecule has 0 atom stereocenters. The Morgan fingerprint density at radius 1 is 1.06 bits per heavy atom. The Morgan fingerprint density at radius 2 is 1.56 bits per heavy atom. The van der Waals surface area contributed by atoms with Crippen molar-refractivity contribution in [1.82, 2.24) is 4.90 Å². The molecule has 0 aliphatic carbocycles. The second kappa shape index (κ2) is 8.88. The zero-order chi connectivity index (χ0) is 11.4. The zero-order valence-electron chi connectivity index (χ0n) is 10.2. The molecule has 3 nitrogen and oxygen atoms in total. The van der Waals surface area contributed by atoms with Crippen molar-refractivity contribution >= 4 is 35.6 Å². The number of nitrogens with two attached hydrogens (primary N) is 1. The monoisotopic (exact) mass is 310 g/mol. The summed E-state index contributed by atoms with van der Waals surface area (Å²) in [7, 11) is -0.582. The van der Waals surface area contributed by atoms with Crippen LogP contribution in [0.4, 0.5) is 0 Å². The fourth-order valence-electron chi connectivity index (χ4n) is 1.87. The average molecular weight is 311 g/mol. The summed E-state index contributed by atoms with van der Waals surface area (Å²) in [5.74, 6) is 1.64. The van der Waals surface area contributed by atoms with Crippen molar-refractivity contribution in [1.29, 1.82) is 0 Å². The van der Waals surface area contributed by atoms with Gasteiger partial charge in [0.05, 0.1) is 0 Å². The van der Waals surface area contributed by atoms with E-state index in [9.17, 15) is 4.21 Å². The molecule has 104 valence electrons. The Labute approximate surface area is 123 Å². The summed E-state index contributed by atoms with van der Waals surface area (Å²) in [6.07, 6.45) is 0. The highest BCUT2D eigenvalue weighted by Gasteiger charge is 2.14. The molecule has 0 unspecified atom stereocenters. The molecule has 0 bridgehead atoms. The maximum atomic E-state index is 11.2. The average Bonchev–Trinajstić information content (AvgIpc) is 2.33. The van der Waals surface area contributed by atoms with Gasteiger partial charge in [-0.1, -0.05) is 24.3 Å². The quantitative estimate of drug-likeness (QED) is 0.921. The maximum absolute atomic E-state index is 11.2. The van der Waals surface area contributed by atoms with E-state index in [-0.39, 0.29) is 24.8 Å². The number of rotatable bonds is 3. The molecule has 0 radical (unpaired) electrons. The molecule has 2 N–H and O–H groups in total. The molecular formula is C12H20Cl2N2OS.